The van der Waals surface area contributed by atoms with E-state index in [2.05, 4.69) is 5.32 Å². The Labute approximate surface area is 151 Å². The molecule has 8 nitrogen and oxygen atoms in total. The number of rotatable bonds is 8. The number of nitro groups is 1. The monoisotopic (exact) mass is 378 g/mol. The van der Waals surface area contributed by atoms with E-state index in [1.807, 2.05) is 6.92 Å². The zero-order chi connectivity index (χ0) is 19.2. The van der Waals surface area contributed by atoms with Crippen molar-refractivity contribution >= 4 is 21.7 Å². The molecule has 0 aliphatic heterocycles. The maximum Gasteiger partial charge on any atom is 0.339 e. The lowest BCUT2D eigenvalue weighted by molar-refractivity contribution is -0.385. The van der Waals surface area contributed by atoms with Crippen molar-refractivity contribution in [1.82, 2.24) is 5.32 Å². The predicted molar refractivity (Wildman–Crippen MR) is 94.6 cm³/mol. The van der Waals surface area contributed by atoms with E-state index in [0.717, 1.165) is 18.9 Å². The SMILES string of the molecule is CCCCNC(=O)c1ccc(OS(=O)(=O)c2cccc([N+](=O)[O-])c2)cc1. The van der Waals surface area contributed by atoms with Crippen LogP contribution in [0.3, 0.4) is 0 Å². The van der Waals surface area contributed by atoms with Gasteiger partial charge in [0.15, 0.2) is 0 Å². The first-order valence-electron chi connectivity index (χ1n) is 7.90. The maximum absolute atomic E-state index is 12.2. The summed E-state index contributed by atoms with van der Waals surface area (Å²) in [6.45, 7) is 2.58. The molecular formula is C17H18N2O6S. The fourth-order valence-corrected chi connectivity index (χ4v) is 3.04. The summed E-state index contributed by atoms with van der Waals surface area (Å²) in [5.41, 5.74) is 0.0231. The number of hydrogen-bond acceptors (Lipinski definition) is 6. The lowest BCUT2D eigenvalue weighted by Crippen LogP contribution is -2.24. The van der Waals surface area contributed by atoms with Gasteiger partial charge in [-0.15, -0.1) is 0 Å². The standard InChI is InChI=1S/C17H18N2O6S/c1-2-3-11-18-17(20)13-7-9-15(10-8-13)25-26(23,24)16-6-4-5-14(12-16)19(21)22/h4-10,12H,2-3,11H2,1H3,(H,18,20). The molecule has 0 aliphatic rings. The van der Waals surface area contributed by atoms with E-state index < -0.39 is 15.0 Å². The minimum atomic E-state index is -4.23. The Kier molecular flexibility index (Phi) is 6.29. The molecule has 0 aromatic heterocycles. The van der Waals surface area contributed by atoms with Gasteiger partial charge in [0.05, 0.1) is 4.92 Å². The highest BCUT2D eigenvalue weighted by Crippen LogP contribution is 2.22. The molecule has 0 fully saturated rings. The largest absolute Gasteiger partial charge is 0.379 e. The molecule has 0 atom stereocenters. The van der Waals surface area contributed by atoms with Crippen LogP contribution in [0.15, 0.2) is 53.4 Å². The van der Waals surface area contributed by atoms with Gasteiger partial charge in [0.2, 0.25) is 0 Å². The van der Waals surface area contributed by atoms with Gasteiger partial charge in [-0.2, -0.15) is 8.42 Å². The van der Waals surface area contributed by atoms with Crippen molar-refractivity contribution in [3.05, 3.63) is 64.2 Å². The number of benzene rings is 2. The van der Waals surface area contributed by atoms with E-state index in [4.69, 9.17) is 4.18 Å². The van der Waals surface area contributed by atoms with Gasteiger partial charge in [-0.1, -0.05) is 19.4 Å². The number of carbonyl (C=O) groups excluding carboxylic acids is 1. The number of nitrogens with zero attached hydrogens (tertiary/aromatic N) is 1. The molecule has 0 aliphatic carbocycles. The highest BCUT2D eigenvalue weighted by atomic mass is 32.2. The molecule has 26 heavy (non-hydrogen) atoms. The average Bonchev–Trinajstić information content (AvgIpc) is 2.62. The van der Waals surface area contributed by atoms with Gasteiger partial charge in [0, 0.05) is 24.2 Å². The molecule has 9 heteroatoms. The summed E-state index contributed by atoms with van der Waals surface area (Å²) in [6.07, 6.45) is 1.83. The van der Waals surface area contributed by atoms with Gasteiger partial charge in [-0.3, -0.25) is 14.9 Å². The highest BCUT2D eigenvalue weighted by molar-refractivity contribution is 7.87. The van der Waals surface area contributed by atoms with Gasteiger partial charge in [-0.25, -0.2) is 0 Å². The number of unbranched alkanes of at least 4 members (excludes halogenated alkanes) is 1. The Morgan fingerprint density at radius 3 is 2.50 bits per heavy atom. The molecule has 0 saturated carbocycles. The summed E-state index contributed by atoms with van der Waals surface area (Å²) in [7, 11) is -4.23. The van der Waals surface area contributed by atoms with Crippen molar-refractivity contribution < 1.29 is 22.3 Å². The first kappa shape index (κ1) is 19.4. The van der Waals surface area contributed by atoms with Crippen LogP contribution < -0.4 is 9.50 Å². The average molecular weight is 378 g/mol. The molecule has 2 rings (SSSR count). The summed E-state index contributed by atoms with van der Waals surface area (Å²) in [5.74, 6) is -0.256. The summed E-state index contributed by atoms with van der Waals surface area (Å²) in [6, 6.07) is 10.2. The molecule has 0 radical (unpaired) electrons. The van der Waals surface area contributed by atoms with Crippen LogP contribution in [-0.4, -0.2) is 25.8 Å². The first-order valence-corrected chi connectivity index (χ1v) is 9.31. The number of hydrogen-bond donors (Lipinski definition) is 1. The van der Waals surface area contributed by atoms with Crippen LogP contribution in [0.4, 0.5) is 5.69 Å². The van der Waals surface area contributed by atoms with Crippen molar-refractivity contribution in [2.45, 2.75) is 24.7 Å². The van der Waals surface area contributed by atoms with E-state index in [1.54, 1.807) is 0 Å². The van der Waals surface area contributed by atoms with E-state index in [1.165, 1.54) is 42.5 Å². The van der Waals surface area contributed by atoms with Crippen molar-refractivity contribution in [2.24, 2.45) is 0 Å². The smallest absolute Gasteiger partial charge is 0.339 e. The first-order chi connectivity index (χ1) is 12.3. The van der Waals surface area contributed by atoms with Crippen LogP contribution in [-0.2, 0) is 10.1 Å². The van der Waals surface area contributed by atoms with E-state index in [-0.39, 0.29) is 22.2 Å². The van der Waals surface area contributed by atoms with E-state index >= 15 is 0 Å². The van der Waals surface area contributed by atoms with Crippen molar-refractivity contribution in [1.29, 1.82) is 0 Å². The Hall–Kier alpha value is -2.94. The predicted octanol–water partition coefficient (Wildman–Crippen LogP) is 2.89. The topological polar surface area (TPSA) is 116 Å². The Bertz CT molecular complexity index is 894. The van der Waals surface area contributed by atoms with Crippen LogP contribution >= 0.6 is 0 Å². The Morgan fingerprint density at radius 1 is 1.19 bits per heavy atom. The second-order valence-electron chi connectivity index (χ2n) is 5.43. The Balaban J connectivity index is 2.11. The third-order valence-corrected chi connectivity index (χ3v) is 4.70. The number of non-ortho nitro benzene ring substituents is 1. The maximum atomic E-state index is 12.2. The molecule has 0 saturated heterocycles. The van der Waals surface area contributed by atoms with Gasteiger partial charge >= 0.3 is 10.1 Å². The molecule has 2 aromatic rings. The van der Waals surface area contributed by atoms with Gasteiger partial charge in [-0.05, 0) is 36.8 Å². The number of amides is 1. The van der Waals surface area contributed by atoms with E-state index in [9.17, 15) is 23.3 Å². The second kappa shape index (κ2) is 8.43. The van der Waals surface area contributed by atoms with Crippen LogP contribution in [0.5, 0.6) is 5.75 Å². The van der Waals surface area contributed by atoms with E-state index in [0.29, 0.717) is 12.1 Å². The lowest BCUT2D eigenvalue weighted by Gasteiger charge is -2.08. The van der Waals surface area contributed by atoms with Crippen LogP contribution in [0.25, 0.3) is 0 Å². The normalized spacial score (nSPS) is 11.0. The number of nitrogens with one attached hydrogen (secondary N) is 1. The summed E-state index contributed by atoms with van der Waals surface area (Å²) < 4.78 is 29.5. The fourth-order valence-electron chi connectivity index (χ4n) is 2.07. The molecule has 0 spiro atoms. The molecule has 2 aromatic carbocycles. The molecule has 1 amide bonds. The molecule has 0 heterocycles. The lowest BCUT2D eigenvalue weighted by atomic mass is 10.2. The summed E-state index contributed by atoms with van der Waals surface area (Å²) >= 11 is 0. The third-order valence-electron chi connectivity index (χ3n) is 3.46. The second-order valence-corrected chi connectivity index (χ2v) is 6.97. The van der Waals surface area contributed by atoms with Crippen LogP contribution in [0.1, 0.15) is 30.1 Å². The van der Waals surface area contributed by atoms with Gasteiger partial charge in [0.25, 0.3) is 11.6 Å². The Morgan fingerprint density at radius 2 is 1.88 bits per heavy atom. The molecule has 0 unspecified atom stereocenters. The highest BCUT2D eigenvalue weighted by Gasteiger charge is 2.20. The molecular weight excluding hydrogens is 360 g/mol. The quantitative estimate of drug-likeness (QED) is 0.327. The molecule has 138 valence electrons. The van der Waals surface area contributed by atoms with Crippen molar-refractivity contribution in [2.75, 3.05) is 6.54 Å². The van der Waals surface area contributed by atoms with Crippen LogP contribution in [0, 0.1) is 10.1 Å². The molecule has 0 bridgehead atoms. The number of carbonyl (C=O) groups is 1. The third kappa shape index (κ3) is 5.03. The fraction of sp³-hybridized carbons (Fsp3) is 0.235. The molecule has 1 N–H and O–H groups in total. The zero-order valence-corrected chi connectivity index (χ0v) is 14.9. The van der Waals surface area contributed by atoms with Gasteiger partial charge in [0.1, 0.15) is 10.6 Å². The summed E-state index contributed by atoms with van der Waals surface area (Å²) in [4.78, 5) is 21.7. The van der Waals surface area contributed by atoms with Gasteiger partial charge < -0.3 is 9.50 Å². The zero-order valence-electron chi connectivity index (χ0n) is 14.0. The minimum absolute atomic E-state index is 0.00149. The van der Waals surface area contributed by atoms with Crippen molar-refractivity contribution in [3.63, 3.8) is 0 Å². The minimum Gasteiger partial charge on any atom is -0.379 e. The number of nitro benzene ring substituents is 1. The van der Waals surface area contributed by atoms with Crippen LogP contribution in [0.2, 0.25) is 0 Å². The van der Waals surface area contributed by atoms with Crippen molar-refractivity contribution in [3.8, 4) is 5.75 Å². The summed E-state index contributed by atoms with van der Waals surface area (Å²) in [5, 5.41) is 13.5.